The third kappa shape index (κ3) is 5.70. The highest BCUT2D eigenvalue weighted by molar-refractivity contribution is 14.1. The Labute approximate surface area is 252 Å². The second-order valence-electron chi connectivity index (χ2n) is 8.51. The number of ketones is 1. The molecule has 1 aliphatic heterocycles. The van der Waals surface area contributed by atoms with Crippen LogP contribution >= 0.6 is 79.7 Å². The normalized spacial score (nSPS) is 17.8. The van der Waals surface area contributed by atoms with Crippen LogP contribution in [0.25, 0.3) is 0 Å². The lowest BCUT2D eigenvalue weighted by Gasteiger charge is -2.23. The van der Waals surface area contributed by atoms with E-state index in [0.29, 0.717) is 32.6 Å². The van der Waals surface area contributed by atoms with Crippen molar-refractivity contribution in [3.63, 3.8) is 0 Å². The van der Waals surface area contributed by atoms with E-state index in [9.17, 15) is 9.59 Å². The largest absolute Gasteiger partial charge is 0.289 e. The molecule has 4 rings (SSSR count). The lowest BCUT2D eigenvalue weighted by atomic mass is 9.85. The van der Waals surface area contributed by atoms with Crippen LogP contribution in [-0.2, 0) is 9.59 Å². The van der Waals surface area contributed by atoms with Gasteiger partial charge in [0.05, 0.1) is 21.2 Å². The van der Waals surface area contributed by atoms with Crippen LogP contribution in [-0.4, -0.2) is 25.3 Å². The van der Waals surface area contributed by atoms with Crippen LogP contribution in [0, 0.1) is 0 Å². The highest BCUT2D eigenvalue weighted by atomic mass is 127. The van der Waals surface area contributed by atoms with Gasteiger partial charge in [0.2, 0.25) is 0 Å². The van der Waals surface area contributed by atoms with E-state index < -0.39 is 0 Å². The maximum Gasteiger partial charge on any atom is 0.281 e. The number of hydrogen-bond donors (Lipinski definition) is 0. The second-order valence-corrected chi connectivity index (χ2v) is 13.3. The molecule has 0 saturated heterocycles. The van der Waals surface area contributed by atoms with Gasteiger partial charge in [0.1, 0.15) is 5.71 Å². The molecule has 0 saturated carbocycles. The van der Waals surface area contributed by atoms with E-state index in [-0.39, 0.29) is 19.5 Å². The summed E-state index contributed by atoms with van der Waals surface area (Å²) >= 11 is 18.9. The first-order chi connectivity index (χ1) is 17.3. The topological polar surface area (TPSA) is 49.7 Å². The maximum absolute atomic E-state index is 14.0. The van der Waals surface area contributed by atoms with Crippen LogP contribution in [0.5, 0.6) is 0 Å². The first kappa shape index (κ1) is 28.0. The Balaban J connectivity index is 1.94. The average Bonchev–Trinajstić information content (AvgIpc) is 3.49. The van der Waals surface area contributed by atoms with Crippen molar-refractivity contribution >= 4 is 103 Å². The van der Waals surface area contributed by atoms with Gasteiger partial charge in [-0.3, -0.25) is 9.59 Å². The number of benzene rings is 1. The fourth-order valence-electron chi connectivity index (χ4n) is 4.16. The Morgan fingerprint density at radius 2 is 1.64 bits per heavy atom. The van der Waals surface area contributed by atoms with Gasteiger partial charge in [-0.1, -0.05) is 101 Å². The smallest absolute Gasteiger partial charge is 0.281 e. The van der Waals surface area contributed by atoms with E-state index in [1.165, 1.54) is 16.3 Å². The molecule has 0 spiro atoms. The molecular formula is C27H24Cl2I2N2O2S. The molecule has 0 bridgehead atoms. The van der Waals surface area contributed by atoms with Crippen molar-refractivity contribution in [1.82, 2.24) is 0 Å². The maximum atomic E-state index is 14.0. The molecule has 188 valence electrons. The zero-order valence-electron chi connectivity index (χ0n) is 19.7. The monoisotopic (exact) mass is 764 g/mol. The fraction of sp³-hybridized carbons (Fsp3) is 0.296. The summed E-state index contributed by atoms with van der Waals surface area (Å²) in [4.78, 5) is 28.4. The molecule has 2 aromatic rings. The lowest BCUT2D eigenvalue weighted by Crippen LogP contribution is -2.26. The molecule has 1 aromatic heterocycles. The summed E-state index contributed by atoms with van der Waals surface area (Å²) in [6.07, 6.45) is 7.50. The van der Waals surface area contributed by atoms with E-state index in [1.54, 1.807) is 18.2 Å². The molecule has 1 amide bonds. The molecule has 2 atom stereocenters. The zero-order valence-corrected chi connectivity index (χ0v) is 26.4. The van der Waals surface area contributed by atoms with Crippen molar-refractivity contribution in [2.24, 2.45) is 5.10 Å². The van der Waals surface area contributed by atoms with Crippen LogP contribution in [0.2, 0.25) is 10.0 Å². The minimum absolute atomic E-state index is 0.0572. The summed E-state index contributed by atoms with van der Waals surface area (Å²) < 4.78 is 0.114. The Bertz CT molecular complexity index is 1280. The number of anilines is 1. The van der Waals surface area contributed by atoms with E-state index in [0.717, 1.165) is 41.7 Å². The average molecular weight is 765 g/mol. The number of Topliss-reactive ketones (excluding diaryl/α,β-unsaturated/α-hetero) is 1. The summed E-state index contributed by atoms with van der Waals surface area (Å²) in [5, 5.41) is 8.85. The summed E-state index contributed by atoms with van der Waals surface area (Å²) in [5.41, 5.74) is 3.67. The van der Waals surface area contributed by atoms with Crippen LogP contribution < -0.4 is 5.01 Å². The highest BCUT2D eigenvalue weighted by Crippen LogP contribution is 2.39. The molecular weight excluding hydrogens is 741 g/mol. The number of carbonyl (C=O) groups excluding carboxylic acids is 2. The molecule has 0 radical (unpaired) electrons. The van der Waals surface area contributed by atoms with Crippen molar-refractivity contribution in [3.05, 3.63) is 85.1 Å². The minimum Gasteiger partial charge on any atom is -0.289 e. The number of alkyl halides is 2. The number of halogens is 4. The number of hydrogen-bond acceptors (Lipinski definition) is 4. The van der Waals surface area contributed by atoms with Gasteiger partial charge in [0, 0.05) is 24.0 Å². The third-order valence-corrected chi connectivity index (χ3v) is 9.95. The standard InChI is InChI=1S/C27H24Cl2I2N2O2S/c1-3-6-20(30)17-12-15(13-18(26(17)34)21(31)7-4-2)24-25(23-8-5-11-36-23)32-33(27(24)35)22-14-16(28)9-10-19(22)29/h5,8-14,20-21H,3-4,6-7H2,1-2H3. The first-order valence-electron chi connectivity index (χ1n) is 11.7. The Morgan fingerprint density at radius 3 is 2.19 bits per heavy atom. The zero-order chi connectivity index (χ0) is 26.0. The SMILES string of the molecule is CCCC(I)C1=CC(=C2C(=O)N(c3cc(Cl)ccc3Cl)N=C2c2cccs2)C=C(C(I)CCC)C1=O. The Morgan fingerprint density at radius 1 is 1.00 bits per heavy atom. The molecule has 2 unspecified atom stereocenters. The number of rotatable bonds is 8. The molecule has 0 fully saturated rings. The number of hydrazone groups is 1. The Hall–Kier alpha value is -1.01. The van der Waals surface area contributed by atoms with Gasteiger partial charge in [0.25, 0.3) is 5.91 Å². The van der Waals surface area contributed by atoms with Crippen LogP contribution in [0.15, 0.2) is 75.3 Å². The van der Waals surface area contributed by atoms with E-state index >= 15 is 0 Å². The molecule has 4 nitrogen and oxygen atoms in total. The summed E-state index contributed by atoms with van der Waals surface area (Å²) in [6.45, 7) is 4.23. The van der Waals surface area contributed by atoms with Crippen molar-refractivity contribution < 1.29 is 9.59 Å². The van der Waals surface area contributed by atoms with Crippen molar-refractivity contribution in [2.45, 2.75) is 47.4 Å². The predicted octanol–water partition coefficient (Wildman–Crippen LogP) is 8.75. The van der Waals surface area contributed by atoms with Gasteiger partial charge in [-0.05, 0) is 60.2 Å². The summed E-state index contributed by atoms with van der Waals surface area (Å²) in [5.74, 6) is -0.214. The van der Waals surface area contributed by atoms with E-state index in [2.05, 4.69) is 59.0 Å². The molecule has 1 aromatic carbocycles. The van der Waals surface area contributed by atoms with Gasteiger partial charge in [-0.25, -0.2) is 0 Å². The molecule has 2 aliphatic rings. The number of amides is 1. The van der Waals surface area contributed by atoms with Gasteiger partial charge in [-0.2, -0.15) is 10.1 Å². The Kier molecular flexibility index (Phi) is 9.52. The number of allylic oxidation sites excluding steroid dienone is 5. The van der Waals surface area contributed by atoms with Gasteiger partial charge < -0.3 is 0 Å². The number of nitrogens with zero attached hydrogens (tertiary/aromatic N) is 2. The van der Waals surface area contributed by atoms with Gasteiger partial charge >= 0.3 is 0 Å². The highest BCUT2D eigenvalue weighted by Gasteiger charge is 2.38. The predicted molar refractivity (Wildman–Crippen MR) is 168 cm³/mol. The van der Waals surface area contributed by atoms with Gasteiger partial charge in [0.15, 0.2) is 5.78 Å². The summed E-state index contributed by atoms with van der Waals surface area (Å²) in [6, 6.07) is 8.85. The van der Waals surface area contributed by atoms with Crippen molar-refractivity contribution in [2.75, 3.05) is 5.01 Å². The molecule has 1 aliphatic carbocycles. The molecule has 2 heterocycles. The minimum atomic E-state index is -0.292. The summed E-state index contributed by atoms with van der Waals surface area (Å²) in [7, 11) is 0. The molecule has 9 heteroatoms. The lowest BCUT2D eigenvalue weighted by molar-refractivity contribution is -0.114. The number of thiophene rings is 1. The van der Waals surface area contributed by atoms with Crippen LogP contribution in [0.3, 0.4) is 0 Å². The van der Waals surface area contributed by atoms with Crippen molar-refractivity contribution in [1.29, 1.82) is 0 Å². The quantitative estimate of drug-likeness (QED) is 0.154. The third-order valence-electron chi connectivity index (χ3n) is 5.93. The molecule has 0 N–H and O–H groups in total. The van der Waals surface area contributed by atoms with E-state index in [4.69, 9.17) is 28.3 Å². The first-order valence-corrected chi connectivity index (χ1v) is 15.8. The second kappa shape index (κ2) is 12.2. The van der Waals surface area contributed by atoms with Gasteiger partial charge in [-0.15, -0.1) is 11.3 Å². The fourth-order valence-corrected chi connectivity index (χ4v) is 7.41. The van der Waals surface area contributed by atoms with E-state index in [1.807, 2.05) is 29.7 Å². The molecule has 36 heavy (non-hydrogen) atoms. The van der Waals surface area contributed by atoms with Crippen LogP contribution in [0.1, 0.15) is 44.4 Å². The van der Waals surface area contributed by atoms with Crippen molar-refractivity contribution in [3.8, 4) is 0 Å². The number of carbonyl (C=O) groups is 2. The van der Waals surface area contributed by atoms with Crippen LogP contribution in [0.4, 0.5) is 5.69 Å².